The Balaban J connectivity index is 2.18. The van der Waals surface area contributed by atoms with E-state index >= 15 is 0 Å². The van der Waals surface area contributed by atoms with Crippen LogP contribution in [0.25, 0.3) is 0 Å². The Morgan fingerprint density at radius 1 is 0.455 bits per heavy atom. The number of allylic oxidation sites excluding steroid dienone is 14. The normalized spacial score (nSPS) is 19.3. The summed E-state index contributed by atoms with van der Waals surface area (Å²) in [7, 11) is 0. The average molecular weight is 1080 g/mol. The number of hydrogen-bond acceptors (Lipinski definition) is 8. The smallest absolute Gasteiger partial charge is 0.220 e. The van der Waals surface area contributed by atoms with E-state index in [9.17, 15) is 30.3 Å². The Bertz CT molecular complexity index is 1490. The highest BCUT2D eigenvalue weighted by molar-refractivity contribution is 5.76. The number of aliphatic hydroxyl groups is 5. The average Bonchev–Trinajstić information content (AvgIpc) is 3.43. The number of carbonyl (C=O) groups excluding carboxylic acids is 1. The van der Waals surface area contributed by atoms with Gasteiger partial charge in [0.15, 0.2) is 6.29 Å². The summed E-state index contributed by atoms with van der Waals surface area (Å²) in [5, 5.41) is 54.8. The molecule has 0 aromatic carbocycles. The highest BCUT2D eigenvalue weighted by atomic mass is 16.7. The van der Waals surface area contributed by atoms with Crippen molar-refractivity contribution in [1.82, 2.24) is 5.32 Å². The predicted molar refractivity (Wildman–Crippen MR) is 327 cm³/mol. The van der Waals surface area contributed by atoms with E-state index in [4.69, 9.17) is 9.47 Å². The van der Waals surface area contributed by atoms with Gasteiger partial charge < -0.3 is 40.3 Å². The van der Waals surface area contributed by atoms with E-state index in [0.717, 1.165) is 70.6 Å². The number of carbonyl (C=O) groups is 1. The summed E-state index contributed by atoms with van der Waals surface area (Å²) < 4.78 is 11.3. The SMILES string of the molecule is CC/C=C\C/C=C\C/C=C\C/C=C\C/C=C\C/C=C\C/C=C\CCCC(=O)NC(COC1OC(CO)C(O)C(O)C1O)C(O)CCCCCCCCCCCCCCCCCCCCCCCCCCCCCCCCC. The molecule has 446 valence electrons. The molecule has 7 unspecified atom stereocenters. The molecule has 6 N–H and O–H groups in total. The number of nitrogens with one attached hydrogen (secondary N) is 1. The lowest BCUT2D eigenvalue weighted by atomic mass is 9.99. The molecule has 1 amide bonds. The second kappa shape index (κ2) is 56.6. The zero-order valence-electron chi connectivity index (χ0n) is 49.7. The molecule has 1 heterocycles. The van der Waals surface area contributed by atoms with E-state index in [2.05, 4.69) is 104 Å². The summed E-state index contributed by atoms with van der Waals surface area (Å²) >= 11 is 0. The molecule has 1 aliphatic heterocycles. The highest BCUT2D eigenvalue weighted by Gasteiger charge is 2.44. The van der Waals surface area contributed by atoms with E-state index in [1.54, 1.807) is 0 Å². The van der Waals surface area contributed by atoms with Crippen LogP contribution in [0.15, 0.2) is 85.1 Å². The van der Waals surface area contributed by atoms with Crippen LogP contribution in [0.1, 0.15) is 284 Å². The van der Waals surface area contributed by atoms with Crippen LogP contribution in [0.3, 0.4) is 0 Å². The van der Waals surface area contributed by atoms with Crippen LogP contribution in [0.4, 0.5) is 0 Å². The fourth-order valence-corrected chi connectivity index (χ4v) is 9.98. The molecule has 77 heavy (non-hydrogen) atoms. The molecule has 0 spiro atoms. The molecule has 0 aromatic heterocycles. The minimum absolute atomic E-state index is 0.166. The first-order chi connectivity index (χ1) is 37.8. The van der Waals surface area contributed by atoms with Crippen molar-refractivity contribution < 1.29 is 39.8 Å². The Kier molecular flexibility index (Phi) is 53.2. The predicted octanol–water partition coefficient (Wildman–Crippen LogP) is 17.0. The lowest BCUT2D eigenvalue weighted by Crippen LogP contribution is -2.60. The zero-order valence-corrected chi connectivity index (χ0v) is 49.7. The third-order valence-electron chi connectivity index (χ3n) is 15.0. The Hall–Kier alpha value is -2.63. The fourth-order valence-electron chi connectivity index (χ4n) is 9.98. The number of ether oxygens (including phenoxy) is 2. The third kappa shape index (κ3) is 45.8. The van der Waals surface area contributed by atoms with Gasteiger partial charge in [-0.25, -0.2) is 0 Å². The highest BCUT2D eigenvalue weighted by Crippen LogP contribution is 2.23. The summed E-state index contributed by atoms with van der Waals surface area (Å²) in [6, 6.07) is -0.757. The molecular formula is C68H121NO8. The molecule has 1 rings (SSSR count). The monoisotopic (exact) mass is 1080 g/mol. The molecule has 9 heteroatoms. The van der Waals surface area contributed by atoms with Crippen LogP contribution in [-0.2, 0) is 14.3 Å². The van der Waals surface area contributed by atoms with Gasteiger partial charge in [-0.05, 0) is 64.2 Å². The lowest BCUT2D eigenvalue weighted by Gasteiger charge is -2.40. The van der Waals surface area contributed by atoms with Crippen LogP contribution >= 0.6 is 0 Å². The van der Waals surface area contributed by atoms with Gasteiger partial charge in [-0.1, -0.05) is 298 Å². The van der Waals surface area contributed by atoms with Crippen LogP contribution in [0, 0.1) is 0 Å². The van der Waals surface area contributed by atoms with E-state index < -0.39 is 49.5 Å². The second-order valence-electron chi connectivity index (χ2n) is 22.2. The Morgan fingerprint density at radius 3 is 1.14 bits per heavy atom. The number of hydrogen-bond donors (Lipinski definition) is 6. The van der Waals surface area contributed by atoms with Crippen molar-refractivity contribution in [3.8, 4) is 0 Å². The number of unbranched alkanes of at least 4 members (excludes halogenated alkanes) is 31. The van der Waals surface area contributed by atoms with Crippen molar-refractivity contribution in [3.63, 3.8) is 0 Å². The fraction of sp³-hybridized carbons (Fsp3) is 0.779. The van der Waals surface area contributed by atoms with Crippen molar-refractivity contribution >= 4 is 5.91 Å². The van der Waals surface area contributed by atoms with Gasteiger partial charge in [0.1, 0.15) is 24.4 Å². The number of rotatable bonds is 55. The topological polar surface area (TPSA) is 149 Å². The van der Waals surface area contributed by atoms with Crippen LogP contribution in [0.5, 0.6) is 0 Å². The molecular weight excluding hydrogens is 959 g/mol. The molecule has 0 aliphatic carbocycles. The number of amides is 1. The molecule has 1 aliphatic rings. The van der Waals surface area contributed by atoms with Crippen LogP contribution < -0.4 is 5.32 Å². The molecule has 9 nitrogen and oxygen atoms in total. The maximum atomic E-state index is 13.1. The summed E-state index contributed by atoms with van der Waals surface area (Å²) in [5.41, 5.74) is 0. The van der Waals surface area contributed by atoms with Gasteiger partial charge in [-0.3, -0.25) is 4.79 Å². The van der Waals surface area contributed by atoms with Crippen LogP contribution in [-0.4, -0.2) is 87.5 Å². The third-order valence-corrected chi connectivity index (χ3v) is 15.0. The lowest BCUT2D eigenvalue weighted by molar-refractivity contribution is -0.302. The van der Waals surface area contributed by atoms with E-state index in [1.807, 2.05) is 0 Å². The number of aliphatic hydroxyl groups excluding tert-OH is 5. The van der Waals surface area contributed by atoms with Crippen LogP contribution in [0.2, 0.25) is 0 Å². The van der Waals surface area contributed by atoms with Crippen molar-refractivity contribution in [3.05, 3.63) is 85.1 Å². The van der Waals surface area contributed by atoms with Gasteiger partial charge in [-0.15, -0.1) is 0 Å². The first-order valence-electron chi connectivity index (χ1n) is 32.3. The van der Waals surface area contributed by atoms with Gasteiger partial charge in [-0.2, -0.15) is 0 Å². The van der Waals surface area contributed by atoms with Crippen molar-refractivity contribution in [2.45, 2.75) is 326 Å². The first kappa shape index (κ1) is 72.4. The molecule has 0 bridgehead atoms. The molecule has 0 radical (unpaired) electrons. The molecule has 7 atom stereocenters. The van der Waals surface area contributed by atoms with Gasteiger partial charge in [0.2, 0.25) is 5.91 Å². The summed E-state index contributed by atoms with van der Waals surface area (Å²) in [5.74, 6) is -0.201. The summed E-state index contributed by atoms with van der Waals surface area (Å²) in [6.45, 7) is 3.71. The minimum atomic E-state index is -1.57. The first-order valence-corrected chi connectivity index (χ1v) is 32.3. The standard InChI is InChI=1S/C68H121NO8/c1-3-5-7-9-11-13-15-17-19-21-23-25-27-28-29-30-31-32-33-34-36-37-39-41-43-45-47-49-51-53-55-57-62(71)61(60-76-68-67(75)66(74)65(73)63(59-70)77-68)69-64(72)58-56-54-52-50-48-46-44-42-40-38-35-26-24-22-20-18-16-14-12-10-8-6-4-2/h6,8,12,14,18,20,24,26,38,40,44,46,50,52,61-63,65-68,70-71,73-75H,3-5,7,9-11,13,15-17,19,21-23,25,27-37,39,41-43,45,47-49,51,53-60H2,1-2H3,(H,69,72)/b8-6-,14-12-,20-18-,26-24-,40-38-,46-44-,52-50-. The van der Waals surface area contributed by atoms with Gasteiger partial charge >= 0.3 is 0 Å². The van der Waals surface area contributed by atoms with Crippen molar-refractivity contribution in [1.29, 1.82) is 0 Å². The van der Waals surface area contributed by atoms with Gasteiger partial charge in [0, 0.05) is 6.42 Å². The second-order valence-corrected chi connectivity index (χ2v) is 22.2. The molecule has 0 saturated carbocycles. The molecule has 1 fully saturated rings. The van der Waals surface area contributed by atoms with Gasteiger partial charge in [0.05, 0.1) is 25.4 Å². The van der Waals surface area contributed by atoms with Crippen molar-refractivity contribution in [2.75, 3.05) is 13.2 Å². The van der Waals surface area contributed by atoms with E-state index in [0.29, 0.717) is 12.8 Å². The molecule has 0 aromatic rings. The maximum Gasteiger partial charge on any atom is 0.220 e. The Morgan fingerprint density at radius 2 is 0.792 bits per heavy atom. The minimum Gasteiger partial charge on any atom is -0.394 e. The largest absolute Gasteiger partial charge is 0.394 e. The summed E-state index contributed by atoms with van der Waals surface area (Å²) in [4.78, 5) is 13.1. The quantitative estimate of drug-likeness (QED) is 0.0261. The summed E-state index contributed by atoms with van der Waals surface area (Å²) in [6.07, 6.45) is 73.6. The van der Waals surface area contributed by atoms with E-state index in [1.165, 1.54) is 180 Å². The maximum absolute atomic E-state index is 13.1. The Labute approximate surface area is 473 Å². The van der Waals surface area contributed by atoms with E-state index in [-0.39, 0.29) is 18.9 Å². The molecule has 1 saturated heterocycles. The zero-order chi connectivity index (χ0) is 55.8. The van der Waals surface area contributed by atoms with Crippen molar-refractivity contribution in [2.24, 2.45) is 0 Å². The van der Waals surface area contributed by atoms with Gasteiger partial charge in [0.25, 0.3) is 0 Å².